The summed E-state index contributed by atoms with van der Waals surface area (Å²) >= 11 is 2.43. The number of halogens is 1. The summed E-state index contributed by atoms with van der Waals surface area (Å²) < 4.78 is 12.2. The minimum atomic E-state index is 0.264. The van der Waals surface area contributed by atoms with Gasteiger partial charge in [-0.3, -0.25) is 0 Å². The van der Waals surface area contributed by atoms with Crippen LogP contribution in [-0.2, 0) is 6.61 Å². The van der Waals surface area contributed by atoms with Gasteiger partial charge in [0.25, 0.3) is 0 Å². The highest BCUT2D eigenvalue weighted by atomic mass is 127. The Hall–Kier alpha value is -3.25. The summed E-state index contributed by atoms with van der Waals surface area (Å²) in [4.78, 5) is 0. The minimum Gasteiger partial charge on any atom is -0.508 e. The summed E-state index contributed by atoms with van der Waals surface area (Å²) in [5.74, 6) is 1.92. The van der Waals surface area contributed by atoms with Gasteiger partial charge < -0.3 is 14.6 Å². The largest absolute Gasteiger partial charge is 0.508 e. The maximum Gasteiger partial charge on any atom is 0.119 e. The summed E-state index contributed by atoms with van der Waals surface area (Å²) in [6.45, 7) is 0.494. The standard InChI is InChI=1S/C30H27IO3/c1-33-27-15-7-22(8-16-27)21-34-28-17-11-25(12-18-28)30(24-9-13-26(32)14-10-24)29(19-20-31)23-5-3-2-4-6-23/h2-18,32H,19-21H2,1H3/b30-29+. The Bertz CT molecular complexity index is 1210. The van der Waals surface area contributed by atoms with Gasteiger partial charge in [0, 0.05) is 4.43 Å². The van der Waals surface area contributed by atoms with Crippen molar-refractivity contribution in [2.45, 2.75) is 13.0 Å². The number of benzene rings is 4. The molecule has 0 radical (unpaired) electrons. The second-order valence-electron chi connectivity index (χ2n) is 7.87. The van der Waals surface area contributed by atoms with Gasteiger partial charge in [0.15, 0.2) is 0 Å². The van der Waals surface area contributed by atoms with Crippen LogP contribution in [0.15, 0.2) is 103 Å². The molecule has 0 heterocycles. The van der Waals surface area contributed by atoms with Crippen molar-refractivity contribution in [2.24, 2.45) is 0 Å². The van der Waals surface area contributed by atoms with Crippen molar-refractivity contribution in [2.75, 3.05) is 11.5 Å². The van der Waals surface area contributed by atoms with E-state index < -0.39 is 0 Å². The second-order valence-corrected chi connectivity index (χ2v) is 8.95. The molecule has 172 valence electrons. The predicted molar refractivity (Wildman–Crippen MR) is 148 cm³/mol. The van der Waals surface area contributed by atoms with E-state index in [4.69, 9.17) is 9.47 Å². The lowest BCUT2D eigenvalue weighted by Crippen LogP contribution is -1.98. The Morgan fingerprint density at radius 3 is 1.88 bits per heavy atom. The topological polar surface area (TPSA) is 38.7 Å². The third kappa shape index (κ3) is 6.00. The molecule has 0 saturated carbocycles. The number of alkyl halides is 1. The molecule has 4 rings (SSSR count). The fourth-order valence-corrected chi connectivity index (χ4v) is 4.44. The van der Waals surface area contributed by atoms with Crippen LogP contribution < -0.4 is 9.47 Å². The van der Waals surface area contributed by atoms with Crippen LogP contribution in [0.1, 0.15) is 28.7 Å². The zero-order chi connectivity index (χ0) is 23.8. The quantitative estimate of drug-likeness (QED) is 0.129. The molecule has 0 aliphatic rings. The Kier molecular flexibility index (Phi) is 8.26. The number of phenolic OH excluding ortho intramolecular Hbond substituents is 1. The summed E-state index contributed by atoms with van der Waals surface area (Å²) in [7, 11) is 1.66. The van der Waals surface area contributed by atoms with Crippen molar-refractivity contribution in [1.82, 2.24) is 0 Å². The highest BCUT2D eigenvalue weighted by Gasteiger charge is 2.14. The third-order valence-corrected chi connectivity index (χ3v) is 6.17. The lowest BCUT2D eigenvalue weighted by atomic mass is 9.88. The van der Waals surface area contributed by atoms with E-state index in [1.54, 1.807) is 19.2 Å². The molecule has 0 amide bonds. The molecule has 3 nitrogen and oxygen atoms in total. The summed E-state index contributed by atoms with van der Waals surface area (Å²) in [5, 5.41) is 9.85. The number of allylic oxidation sites excluding steroid dienone is 1. The second kappa shape index (κ2) is 11.7. The molecule has 1 N–H and O–H groups in total. The van der Waals surface area contributed by atoms with E-state index in [1.165, 1.54) is 16.7 Å². The van der Waals surface area contributed by atoms with Gasteiger partial charge in [0.05, 0.1) is 7.11 Å². The maximum atomic E-state index is 9.85. The van der Waals surface area contributed by atoms with Gasteiger partial charge in [-0.2, -0.15) is 0 Å². The van der Waals surface area contributed by atoms with E-state index in [0.717, 1.165) is 39.0 Å². The van der Waals surface area contributed by atoms with Gasteiger partial charge in [0.1, 0.15) is 23.9 Å². The molecule has 0 fully saturated rings. The van der Waals surface area contributed by atoms with E-state index >= 15 is 0 Å². The molecular formula is C30H27IO3. The summed E-state index contributed by atoms with van der Waals surface area (Å²) in [6.07, 6.45) is 0.941. The van der Waals surface area contributed by atoms with Gasteiger partial charge in [0.2, 0.25) is 0 Å². The lowest BCUT2D eigenvalue weighted by Gasteiger charge is -2.17. The van der Waals surface area contributed by atoms with Crippen molar-refractivity contribution in [3.05, 3.63) is 125 Å². The van der Waals surface area contributed by atoms with Crippen LogP contribution in [0.3, 0.4) is 0 Å². The Morgan fingerprint density at radius 2 is 1.29 bits per heavy atom. The van der Waals surface area contributed by atoms with E-state index in [0.29, 0.717) is 6.61 Å². The molecule has 0 atom stereocenters. The Balaban J connectivity index is 1.66. The highest BCUT2D eigenvalue weighted by Crippen LogP contribution is 2.36. The van der Waals surface area contributed by atoms with E-state index in [2.05, 4.69) is 59.0 Å². The lowest BCUT2D eigenvalue weighted by molar-refractivity contribution is 0.306. The van der Waals surface area contributed by atoms with E-state index in [-0.39, 0.29) is 5.75 Å². The number of rotatable bonds is 9. The molecule has 4 aromatic carbocycles. The highest BCUT2D eigenvalue weighted by molar-refractivity contribution is 14.1. The van der Waals surface area contributed by atoms with Crippen molar-refractivity contribution < 1.29 is 14.6 Å². The molecule has 0 bridgehead atoms. The van der Waals surface area contributed by atoms with Gasteiger partial charge in [-0.1, -0.05) is 89.3 Å². The van der Waals surface area contributed by atoms with Crippen LogP contribution in [0.5, 0.6) is 17.2 Å². The predicted octanol–water partition coefficient (Wildman–Crippen LogP) is 7.76. The average molecular weight is 562 g/mol. The minimum absolute atomic E-state index is 0.264. The van der Waals surface area contributed by atoms with Crippen molar-refractivity contribution in [3.63, 3.8) is 0 Å². The molecule has 4 aromatic rings. The Morgan fingerprint density at radius 1 is 0.706 bits per heavy atom. The first-order chi connectivity index (χ1) is 16.7. The van der Waals surface area contributed by atoms with Crippen molar-refractivity contribution in [1.29, 1.82) is 0 Å². The fraction of sp³-hybridized carbons (Fsp3) is 0.133. The first kappa shape index (κ1) is 23.9. The number of hydrogen-bond donors (Lipinski definition) is 1. The first-order valence-corrected chi connectivity index (χ1v) is 12.7. The van der Waals surface area contributed by atoms with Crippen molar-refractivity contribution in [3.8, 4) is 17.2 Å². The zero-order valence-corrected chi connectivity index (χ0v) is 21.2. The van der Waals surface area contributed by atoms with Gasteiger partial charge in [-0.05, 0) is 76.2 Å². The number of hydrogen-bond acceptors (Lipinski definition) is 3. The van der Waals surface area contributed by atoms with Crippen molar-refractivity contribution >= 4 is 33.7 Å². The number of ether oxygens (including phenoxy) is 2. The van der Waals surface area contributed by atoms with E-state index in [1.807, 2.05) is 54.6 Å². The molecule has 0 unspecified atom stereocenters. The van der Waals surface area contributed by atoms with E-state index in [9.17, 15) is 5.11 Å². The molecule has 34 heavy (non-hydrogen) atoms. The Labute approximate surface area is 214 Å². The molecule has 4 heteroatoms. The van der Waals surface area contributed by atoms with Gasteiger partial charge in [-0.15, -0.1) is 0 Å². The van der Waals surface area contributed by atoms with Gasteiger partial charge >= 0.3 is 0 Å². The molecule has 0 aliphatic carbocycles. The summed E-state index contributed by atoms with van der Waals surface area (Å²) in [6, 6.07) is 34.1. The smallest absolute Gasteiger partial charge is 0.119 e. The number of aromatic hydroxyl groups is 1. The molecule has 0 saturated heterocycles. The fourth-order valence-electron chi connectivity index (χ4n) is 3.90. The molecular weight excluding hydrogens is 535 g/mol. The zero-order valence-electron chi connectivity index (χ0n) is 19.1. The normalized spacial score (nSPS) is 11.6. The SMILES string of the molecule is COc1ccc(COc2ccc(/C(=C(\CCI)c3ccccc3)c3ccc(O)cc3)cc2)cc1. The van der Waals surface area contributed by atoms with Gasteiger partial charge in [-0.25, -0.2) is 0 Å². The maximum absolute atomic E-state index is 9.85. The average Bonchev–Trinajstić information content (AvgIpc) is 2.89. The third-order valence-electron chi connectivity index (χ3n) is 5.63. The van der Waals surface area contributed by atoms with Crippen LogP contribution in [0, 0.1) is 0 Å². The first-order valence-electron chi connectivity index (χ1n) is 11.2. The molecule has 0 spiro atoms. The van der Waals surface area contributed by atoms with Crippen LogP contribution in [0.2, 0.25) is 0 Å². The number of phenols is 1. The molecule has 0 aromatic heterocycles. The summed E-state index contributed by atoms with van der Waals surface area (Å²) in [5.41, 5.74) is 6.95. The van der Waals surface area contributed by atoms with Crippen LogP contribution in [-0.4, -0.2) is 16.6 Å². The van der Waals surface area contributed by atoms with Crippen LogP contribution in [0.4, 0.5) is 0 Å². The molecule has 0 aliphatic heterocycles. The number of methoxy groups -OCH3 is 1. The van der Waals surface area contributed by atoms with Crippen LogP contribution >= 0.6 is 22.6 Å². The van der Waals surface area contributed by atoms with Crippen LogP contribution in [0.25, 0.3) is 11.1 Å². The monoisotopic (exact) mass is 562 g/mol.